The van der Waals surface area contributed by atoms with Crippen molar-refractivity contribution >= 4 is 0 Å². The highest BCUT2D eigenvalue weighted by atomic mass is 16.5. The first-order valence-electron chi connectivity index (χ1n) is 16.0. The van der Waals surface area contributed by atoms with Crippen LogP contribution in [-0.2, 0) is 26.0 Å². The number of piperazine rings is 1. The summed E-state index contributed by atoms with van der Waals surface area (Å²) in [7, 11) is 0. The van der Waals surface area contributed by atoms with Crippen LogP contribution in [0, 0.1) is 5.41 Å². The fourth-order valence-corrected chi connectivity index (χ4v) is 7.33. The third-order valence-electron chi connectivity index (χ3n) is 9.62. The molecule has 1 aliphatic carbocycles. The maximum absolute atomic E-state index is 6.26. The molecule has 3 nitrogen and oxygen atoms in total. The lowest BCUT2D eigenvalue weighted by Crippen LogP contribution is -2.49. The minimum absolute atomic E-state index is 0.350. The number of hydrogen-bond acceptors (Lipinski definition) is 3. The van der Waals surface area contributed by atoms with E-state index in [2.05, 4.69) is 125 Å². The van der Waals surface area contributed by atoms with E-state index >= 15 is 0 Å². The fraction of sp³-hybridized carbons (Fsp3) is 0.385. The summed E-state index contributed by atoms with van der Waals surface area (Å²) in [6.45, 7) is 6.17. The summed E-state index contributed by atoms with van der Waals surface area (Å²) < 4.78 is 6.26. The second-order valence-electron chi connectivity index (χ2n) is 12.6. The van der Waals surface area contributed by atoms with Gasteiger partial charge in [0.15, 0.2) is 0 Å². The quantitative estimate of drug-likeness (QED) is 0.183. The van der Waals surface area contributed by atoms with Crippen molar-refractivity contribution in [2.24, 2.45) is 5.41 Å². The molecule has 0 amide bonds. The molecule has 1 heterocycles. The highest BCUT2D eigenvalue weighted by Gasteiger charge is 2.35. The molecule has 2 fully saturated rings. The first-order chi connectivity index (χ1) is 20.7. The molecule has 4 aromatic carbocycles. The Balaban J connectivity index is 1.05. The lowest BCUT2D eigenvalue weighted by molar-refractivity contribution is 0.0824. The van der Waals surface area contributed by atoms with Gasteiger partial charge in [-0.3, -0.25) is 9.80 Å². The highest BCUT2D eigenvalue weighted by molar-refractivity contribution is 5.33. The van der Waals surface area contributed by atoms with E-state index < -0.39 is 0 Å². The first kappa shape index (κ1) is 28.7. The van der Waals surface area contributed by atoms with E-state index in [1.54, 1.807) is 0 Å². The van der Waals surface area contributed by atoms with Crippen molar-refractivity contribution in [3.63, 3.8) is 0 Å². The van der Waals surface area contributed by atoms with Crippen LogP contribution in [0.5, 0.6) is 5.75 Å². The maximum Gasteiger partial charge on any atom is 0.124 e. The van der Waals surface area contributed by atoms with E-state index in [9.17, 15) is 0 Å². The zero-order chi connectivity index (χ0) is 28.5. The summed E-state index contributed by atoms with van der Waals surface area (Å²) in [6.07, 6.45) is 9.00. The Morgan fingerprint density at radius 1 is 0.595 bits per heavy atom. The highest BCUT2D eigenvalue weighted by Crippen LogP contribution is 2.42. The van der Waals surface area contributed by atoms with Crippen LogP contribution in [0.3, 0.4) is 0 Å². The topological polar surface area (TPSA) is 15.7 Å². The van der Waals surface area contributed by atoms with Crippen molar-refractivity contribution in [3.8, 4) is 5.75 Å². The fourth-order valence-electron chi connectivity index (χ4n) is 7.33. The molecule has 1 aliphatic heterocycles. The van der Waals surface area contributed by atoms with E-state index in [0.29, 0.717) is 18.1 Å². The predicted octanol–water partition coefficient (Wildman–Crippen LogP) is 8.19. The molecule has 0 bridgehead atoms. The van der Waals surface area contributed by atoms with Crippen LogP contribution in [-0.4, -0.2) is 42.0 Å². The summed E-state index contributed by atoms with van der Waals surface area (Å²) in [5.41, 5.74) is 5.84. The summed E-state index contributed by atoms with van der Waals surface area (Å²) in [5, 5.41) is 0. The molecular weight excluding hydrogens is 512 g/mol. The van der Waals surface area contributed by atoms with Gasteiger partial charge < -0.3 is 4.74 Å². The predicted molar refractivity (Wildman–Crippen MR) is 174 cm³/mol. The van der Waals surface area contributed by atoms with Crippen LogP contribution in [0.1, 0.15) is 54.4 Å². The summed E-state index contributed by atoms with van der Waals surface area (Å²) in [4.78, 5) is 5.43. The largest absolute Gasteiger partial charge is 0.489 e. The van der Waals surface area contributed by atoms with Crippen LogP contribution in [0.2, 0.25) is 0 Å². The van der Waals surface area contributed by atoms with Crippen molar-refractivity contribution in [1.29, 1.82) is 0 Å². The molecule has 2 aliphatic rings. The van der Waals surface area contributed by atoms with Gasteiger partial charge in [-0.15, -0.1) is 0 Å². The Morgan fingerprint density at radius 2 is 1.17 bits per heavy atom. The van der Waals surface area contributed by atoms with Crippen LogP contribution >= 0.6 is 0 Å². The van der Waals surface area contributed by atoms with Crippen molar-refractivity contribution in [1.82, 2.24) is 9.80 Å². The Bertz CT molecular complexity index is 1310. The molecule has 1 saturated heterocycles. The summed E-state index contributed by atoms with van der Waals surface area (Å²) >= 11 is 0. The molecule has 0 radical (unpaired) electrons. The van der Waals surface area contributed by atoms with E-state index in [1.807, 2.05) is 0 Å². The van der Waals surface area contributed by atoms with Crippen LogP contribution in [0.15, 0.2) is 115 Å². The monoisotopic (exact) mass is 558 g/mol. The molecule has 42 heavy (non-hydrogen) atoms. The standard InChI is InChI=1S/C39H46N2O/c1-4-13-33(14-5-1)29-39(30-34-15-6-2-7-16-34)23-12-20-37(22-24-39)41-27-25-40(26-28-41)31-36-19-10-11-21-38(36)42-32-35-17-8-3-9-18-35/h1-11,13-19,21,37H,12,20,22-32H2. The third-order valence-corrected chi connectivity index (χ3v) is 9.62. The average molecular weight is 559 g/mol. The molecule has 0 spiro atoms. The number of nitrogens with zero attached hydrogens (tertiary/aromatic N) is 2. The molecule has 0 N–H and O–H groups in total. The van der Waals surface area contributed by atoms with Gasteiger partial charge in [0.25, 0.3) is 0 Å². The number of ether oxygens (including phenoxy) is 1. The van der Waals surface area contributed by atoms with E-state index in [4.69, 9.17) is 4.74 Å². The van der Waals surface area contributed by atoms with Crippen molar-refractivity contribution < 1.29 is 4.74 Å². The normalized spacial score (nSPS) is 19.7. The van der Waals surface area contributed by atoms with E-state index in [-0.39, 0.29) is 0 Å². The van der Waals surface area contributed by atoms with Crippen molar-refractivity contribution in [3.05, 3.63) is 138 Å². The minimum Gasteiger partial charge on any atom is -0.489 e. The molecule has 3 heteroatoms. The Kier molecular flexibility index (Phi) is 9.69. The van der Waals surface area contributed by atoms with Crippen LogP contribution in [0.25, 0.3) is 0 Å². The molecule has 1 unspecified atom stereocenters. The lowest BCUT2D eigenvalue weighted by Gasteiger charge is -2.40. The molecule has 6 rings (SSSR count). The van der Waals surface area contributed by atoms with Gasteiger partial charge in [0.05, 0.1) is 0 Å². The Hall–Kier alpha value is -3.40. The van der Waals surface area contributed by atoms with Gasteiger partial charge in [-0.25, -0.2) is 0 Å². The number of para-hydroxylation sites is 1. The summed E-state index contributed by atoms with van der Waals surface area (Å²) in [5.74, 6) is 1.01. The number of hydrogen-bond donors (Lipinski definition) is 0. The molecule has 0 aromatic heterocycles. The van der Waals surface area contributed by atoms with Gasteiger partial charge in [0, 0.05) is 44.3 Å². The number of benzene rings is 4. The SMILES string of the molecule is c1ccc(COc2ccccc2CN2CCN(C3CCCC(Cc4ccccc4)(Cc4ccccc4)CC3)CC2)cc1. The molecular formula is C39H46N2O. The van der Waals surface area contributed by atoms with Gasteiger partial charge >= 0.3 is 0 Å². The minimum atomic E-state index is 0.350. The molecule has 4 aromatic rings. The van der Waals surface area contributed by atoms with E-state index in [0.717, 1.165) is 25.4 Å². The summed E-state index contributed by atoms with van der Waals surface area (Å²) in [6, 6.07) is 42.2. The second-order valence-corrected chi connectivity index (χ2v) is 12.6. The van der Waals surface area contributed by atoms with Crippen LogP contribution < -0.4 is 4.74 Å². The zero-order valence-corrected chi connectivity index (χ0v) is 25.0. The Labute approximate surface area is 253 Å². The van der Waals surface area contributed by atoms with Gasteiger partial charge in [-0.1, -0.05) is 116 Å². The third kappa shape index (κ3) is 7.70. The molecule has 1 saturated carbocycles. The lowest BCUT2D eigenvalue weighted by atomic mass is 9.71. The number of rotatable bonds is 10. The van der Waals surface area contributed by atoms with Crippen molar-refractivity contribution in [2.45, 2.75) is 64.1 Å². The van der Waals surface area contributed by atoms with Gasteiger partial charge in [0.2, 0.25) is 0 Å². The van der Waals surface area contributed by atoms with Gasteiger partial charge in [0.1, 0.15) is 12.4 Å². The smallest absolute Gasteiger partial charge is 0.124 e. The first-order valence-corrected chi connectivity index (χ1v) is 16.0. The van der Waals surface area contributed by atoms with Gasteiger partial charge in [-0.05, 0) is 66.7 Å². The van der Waals surface area contributed by atoms with Crippen molar-refractivity contribution in [2.75, 3.05) is 26.2 Å². The molecule has 1 atom stereocenters. The average Bonchev–Trinajstić information content (AvgIpc) is 3.25. The van der Waals surface area contributed by atoms with Crippen LogP contribution in [0.4, 0.5) is 0 Å². The van der Waals surface area contributed by atoms with E-state index in [1.165, 1.54) is 80.3 Å². The maximum atomic E-state index is 6.26. The van der Waals surface area contributed by atoms with Gasteiger partial charge in [-0.2, -0.15) is 0 Å². The Morgan fingerprint density at radius 3 is 1.81 bits per heavy atom. The molecule has 218 valence electrons. The second kappa shape index (κ2) is 14.2. The zero-order valence-electron chi connectivity index (χ0n) is 25.0.